The summed E-state index contributed by atoms with van der Waals surface area (Å²) in [7, 11) is 1.31. The second-order valence-electron chi connectivity index (χ2n) is 15.9. The highest BCUT2D eigenvalue weighted by Crippen LogP contribution is 2.43. The van der Waals surface area contributed by atoms with Gasteiger partial charge in [0.1, 0.15) is 19.8 Å². The van der Waals surface area contributed by atoms with E-state index >= 15 is 0 Å². The molecule has 63 heavy (non-hydrogen) atoms. The Balaban J connectivity index is 4.69. The number of phosphoric ester groups is 1. The molecule has 0 bridgehead atoms. The summed E-state index contributed by atoms with van der Waals surface area (Å²) in [5.74, 6) is -1.09. The average Bonchev–Trinajstić information content (AvgIpc) is 3.23. The van der Waals surface area contributed by atoms with Crippen LogP contribution in [0.25, 0.3) is 0 Å². The van der Waals surface area contributed by atoms with Crippen LogP contribution in [0.4, 0.5) is 0 Å². The highest BCUT2D eigenvalue weighted by Gasteiger charge is 2.27. The molecule has 3 atom stereocenters. The fraction of sp³-hybridized carbons (Fsp3) is 0.538. The molecular weight excluding hydrogens is 814 g/mol. The zero-order valence-electron chi connectivity index (χ0n) is 39.4. The predicted molar refractivity (Wildman–Crippen MR) is 262 cm³/mol. The van der Waals surface area contributed by atoms with Crippen LogP contribution in [0.1, 0.15) is 123 Å². The minimum absolute atomic E-state index is 0.0176. The Kier molecular flexibility index (Phi) is 39.5. The van der Waals surface area contributed by atoms with Gasteiger partial charge in [0.2, 0.25) is 0 Å². The lowest BCUT2D eigenvalue weighted by atomic mass is 10.2. The minimum Gasteiger partial charge on any atom is -0.462 e. The summed E-state index contributed by atoms with van der Waals surface area (Å²) in [5.41, 5.74) is 0. The highest BCUT2D eigenvalue weighted by atomic mass is 31.2. The van der Waals surface area contributed by atoms with Gasteiger partial charge in [-0.3, -0.25) is 18.6 Å². The molecule has 0 amide bonds. The summed E-state index contributed by atoms with van der Waals surface area (Å²) in [6, 6.07) is 0. The highest BCUT2D eigenvalue weighted by molar-refractivity contribution is 7.47. The number of phosphoric acid groups is 1. The Bertz CT molecular complexity index is 1540. The molecule has 0 aromatic heterocycles. The summed E-state index contributed by atoms with van der Waals surface area (Å²) < 4.78 is 34.1. The molecule has 0 saturated carbocycles. The molecule has 0 heterocycles. The fourth-order valence-electron chi connectivity index (χ4n) is 5.16. The molecule has 0 aromatic rings. The van der Waals surface area contributed by atoms with Crippen LogP contribution in [-0.4, -0.2) is 86.1 Å². The van der Waals surface area contributed by atoms with Gasteiger partial charge in [0.25, 0.3) is 0 Å². The number of quaternary nitrogens is 1. The Morgan fingerprint density at radius 3 is 1.62 bits per heavy atom. The van der Waals surface area contributed by atoms with Crippen LogP contribution >= 0.6 is 7.82 Å². The molecular formula is C52H83NO9P+. The molecule has 0 saturated heterocycles. The predicted octanol–water partition coefficient (Wildman–Crippen LogP) is 12.4. The summed E-state index contributed by atoms with van der Waals surface area (Å²) in [6.45, 7) is 3.95. The van der Waals surface area contributed by atoms with E-state index in [1.165, 1.54) is 25.7 Å². The van der Waals surface area contributed by atoms with Gasteiger partial charge in [0, 0.05) is 12.8 Å². The first kappa shape index (κ1) is 59.1. The van der Waals surface area contributed by atoms with Gasteiger partial charge in [-0.15, -0.1) is 0 Å². The van der Waals surface area contributed by atoms with Gasteiger partial charge < -0.3 is 24.0 Å². The third-order valence-electron chi connectivity index (χ3n) is 8.77. The first-order valence-electron chi connectivity index (χ1n) is 23.0. The van der Waals surface area contributed by atoms with Gasteiger partial charge in [0.05, 0.1) is 33.9 Å². The standard InChI is InChI=1S/C52H82NO9P/c1-6-8-10-12-14-16-18-20-21-22-23-24-25-27-29-31-33-35-39-44-52(56)62-50(48-61-63(57,58)60-46-45-53(3,4)5)47-59-51(55)43-40-36-38-42-49(54)41-37-34-32-30-28-26-19-17-15-13-11-9-7-2/h9,11,14-17,20-21,23-24,26-29,32-38,41,49-50,54H,6-8,10,12-13,18-19,22,25,30-31,39-40,42-48H2,1-5H3/p+1/b11-9-,16-14-,17-15-,21-20-,24-23-,28-26-,29-27-,34-32-,35-33-,38-36-,41-37-/t49?,50-/m1/s1. The van der Waals surface area contributed by atoms with Crippen molar-refractivity contribution in [1.82, 2.24) is 0 Å². The summed E-state index contributed by atoms with van der Waals surface area (Å²) in [5, 5.41) is 10.2. The second kappa shape index (κ2) is 42.1. The lowest BCUT2D eigenvalue weighted by molar-refractivity contribution is -0.870. The molecule has 0 aliphatic rings. The van der Waals surface area contributed by atoms with Crippen molar-refractivity contribution in [3.8, 4) is 0 Å². The third-order valence-corrected chi connectivity index (χ3v) is 9.76. The van der Waals surface area contributed by atoms with Crippen LogP contribution in [0.3, 0.4) is 0 Å². The first-order chi connectivity index (χ1) is 30.4. The molecule has 0 aliphatic carbocycles. The largest absolute Gasteiger partial charge is 0.472 e. The lowest BCUT2D eigenvalue weighted by Crippen LogP contribution is -2.37. The van der Waals surface area contributed by atoms with Crippen molar-refractivity contribution in [3.63, 3.8) is 0 Å². The number of aliphatic hydroxyl groups is 1. The quantitative estimate of drug-likeness (QED) is 0.0155. The van der Waals surface area contributed by atoms with Crippen LogP contribution in [-0.2, 0) is 32.7 Å². The van der Waals surface area contributed by atoms with Gasteiger partial charge in [-0.05, 0) is 83.5 Å². The van der Waals surface area contributed by atoms with E-state index in [0.29, 0.717) is 30.3 Å². The molecule has 0 aromatic carbocycles. The molecule has 2 unspecified atom stereocenters. The molecule has 11 heteroatoms. The number of rotatable bonds is 39. The molecule has 0 aliphatic heterocycles. The molecule has 2 N–H and O–H groups in total. The SMILES string of the molecule is CC/C=C\C/C=C\C/C=C\C/C=C\C=C/C(O)C/C=C\CCC(=O)OC[C@H](COP(=O)(O)OCC[N+](C)(C)C)OC(=O)CC/C=C\C/C=C\C/C=C\C/C=C\C/C=C\CCCCC. The number of hydrogen-bond acceptors (Lipinski definition) is 8. The topological polar surface area (TPSA) is 129 Å². The zero-order chi connectivity index (χ0) is 46.5. The summed E-state index contributed by atoms with van der Waals surface area (Å²) in [6.07, 6.45) is 57.0. The summed E-state index contributed by atoms with van der Waals surface area (Å²) >= 11 is 0. The number of hydrogen-bond donors (Lipinski definition) is 2. The normalized spacial score (nSPS) is 15.2. The van der Waals surface area contributed by atoms with Gasteiger partial charge in [-0.1, -0.05) is 160 Å². The molecule has 0 radical (unpaired) electrons. The van der Waals surface area contributed by atoms with Crippen molar-refractivity contribution < 1.29 is 47.2 Å². The second-order valence-corrected chi connectivity index (χ2v) is 17.3. The Morgan fingerprint density at radius 2 is 1.08 bits per heavy atom. The van der Waals surface area contributed by atoms with Gasteiger partial charge in [0.15, 0.2) is 6.10 Å². The number of nitrogens with zero attached hydrogens (tertiary/aromatic N) is 1. The van der Waals surface area contributed by atoms with Crippen LogP contribution < -0.4 is 0 Å². The van der Waals surface area contributed by atoms with E-state index in [1.807, 2.05) is 51.5 Å². The Hall–Kier alpha value is -3.89. The van der Waals surface area contributed by atoms with Gasteiger partial charge >= 0.3 is 19.8 Å². The monoisotopic (exact) mass is 897 g/mol. The van der Waals surface area contributed by atoms with Crippen molar-refractivity contribution in [2.24, 2.45) is 0 Å². The van der Waals surface area contributed by atoms with E-state index in [1.54, 1.807) is 18.2 Å². The van der Waals surface area contributed by atoms with Crippen molar-refractivity contribution in [2.45, 2.75) is 135 Å². The fourth-order valence-corrected chi connectivity index (χ4v) is 5.90. The zero-order valence-corrected chi connectivity index (χ0v) is 40.2. The summed E-state index contributed by atoms with van der Waals surface area (Å²) in [4.78, 5) is 35.4. The number of carbonyl (C=O) groups excluding carboxylic acids is 2. The van der Waals surface area contributed by atoms with Crippen molar-refractivity contribution in [2.75, 3.05) is 47.5 Å². The van der Waals surface area contributed by atoms with Crippen LogP contribution in [0, 0.1) is 0 Å². The molecule has 354 valence electrons. The minimum atomic E-state index is -4.45. The van der Waals surface area contributed by atoms with Crippen LogP contribution in [0.2, 0.25) is 0 Å². The lowest BCUT2D eigenvalue weighted by Gasteiger charge is -2.24. The number of aliphatic hydroxyl groups excluding tert-OH is 1. The van der Waals surface area contributed by atoms with E-state index in [9.17, 15) is 24.2 Å². The number of unbranched alkanes of at least 4 members (excludes halogenated alkanes) is 3. The van der Waals surface area contributed by atoms with Crippen LogP contribution in [0.15, 0.2) is 134 Å². The Morgan fingerprint density at radius 1 is 0.587 bits per heavy atom. The van der Waals surface area contributed by atoms with Gasteiger partial charge in [-0.25, -0.2) is 4.57 Å². The molecule has 10 nitrogen and oxygen atoms in total. The molecule has 0 spiro atoms. The number of allylic oxidation sites excluding steroid dienone is 20. The maximum Gasteiger partial charge on any atom is 0.472 e. The van der Waals surface area contributed by atoms with Gasteiger partial charge in [-0.2, -0.15) is 0 Å². The van der Waals surface area contributed by atoms with E-state index < -0.39 is 38.6 Å². The van der Waals surface area contributed by atoms with Crippen molar-refractivity contribution >= 4 is 19.8 Å². The molecule has 0 fully saturated rings. The van der Waals surface area contributed by atoms with E-state index in [-0.39, 0.29) is 26.1 Å². The number of ether oxygens (including phenoxy) is 2. The number of esters is 2. The van der Waals surface area contributed by atoms with E-state index in [0.717, 1.165) is 51.4 Å². The molecule has 0 rings (SSSR count). The van der Waals surface area contributed by atoms with Crippen molar-refractivity contribution in [1.29, 1.82) is 0 Å². The van der Waals surface area contributed by atoms with E-state index in [4.69, 9.17) is 18.5 Å². The van der Waals surface area contributed by atoms with E-state index in [2.05, 4.69) is 98.9 Å². The number of carbonyl (C=O) groups is 2. The first-order valence-corrected chi connectivity index (χ1v) is 24.5. The average molecular weight is 897 g/mol. The smallest absolute Gasteiger partial charge is 0.462 e. The third kappa shape index (κ3) is 45.9. The maximum atomic E-state index is 12.7. The number of likely N-dealkylation sites (N-methyl/N-ethyl adjacent to an activating group) is 1. The maximum absolute atomic E-state index is 12.7. The van der Waals surface area contributed by atoms with Crippen molar-refractivity contribution in [3.05, 3.63) is 134 Å². The van der Waals surface area contributed by atoms with Crippen LogP contribution in [0.5, 0.6) is 0 Å². The Labute approximate surface area is 382 Å².